The van der Waals surface area contributed by atoms with Gasteiger partial charge in [-0.2, -0.15) is 0 Å². The predicted octanol–water partition coefficient (Wildman–Crippen LogP) is 11.4. The molecule has 0 N–H and O–H groups in total. The van der Waals surface area contributed by atoms with Crippen LogP contribution >= 0.6 is 0 Å². The quantitative estimate of drug-likeness (QED) is 0.170. The predicted molar refractivity (Wildman–Crippen MR) is 199 cm³/mol. The summed E-state index contributed by atoms with van der Waals surface area (Å²) in [6.07, 6.45) is 11.5. The molecule has 5 heteroatoms. The number of rotatable bonds is 16. The Balaban J connectivity index is 0.000000842. The van der Waals surface area contributed by atoms with Gasteiger partial charge in [-0.05, 0) is 71.0 Å². The second-order valence-electron chi connectivity index (χ2n) is 17.5. The Labute approximate surface area is 311 Å². The van der Waals surface area contributed by atoms with Crippen LogP contribution < -0.4 is 9.97 Å². The van der Waals surface area contributed by atoms with Crippen LogP contribution in [0.4, 0.5) is 0 Å². The topological polar surface area (TPSA) is 54.0 Å². The Morgan fingerprint density at radius 3 is 0.867 bits per heavy atom. The molecule has 0 atom stereocenters. The van der Waals surface area contributed by atoms with Crippen LogP contribution in [0.5, 0.6) is 0 Å². The van der Waals surface area contributed by atoms with E-state index in [9.17, 15) is 0 Å². The molecule has 0 spiro atoms. The summed E-state index contributed by atoms with van der Waals surface area (Å²) >= 11 is 0. The molecule has 0 aliphatic heterocycles. The summed E-state index contributed by atoms with van der Waals surface area (Å²) in [6.45, 7) is 41.1. The Hall–Kier alpha value is -0.320. The van der Waals surface area contributed by atoms with Crippen molar-refractivity contribution < 1.29 is 0 Å². The maximum atomic E-state index is 5.08. The summed E-state index contributed by atoms with van der Waals surface area (Å²) < 4.78 is 0. The molecule has 2 aromatic heterocycles. The first kappa shape index (κ1) is 44.7. The molecular formula is C40H74CaN4. The molecule has 0 aliphatic rings. The molecule has 2 heterocycles. The molecule has 0 fully saturated rings. The summed E-state index contributed by atoms with van der Waals surface area (Å²) in [5, 5.41) is 0. The summed E-state index contributed by atoms with van der Waals surface area (Å²) in [6, 6.07) is 0. The minimum Gasteiger partial charge on any atom is -0.442 e. The van der Waals surface area contributed by atoms with Crippen LogP contribution in [0.3, 0.4) is 0 Å². The van der Waals surface area contributed by atoms with Crippen LogP contribution in [-0.2, 0) is 32.5 Å². The summed E-state index contributed by atoms with van der Waals surface area (Å²) in [7, 11) is 0. The second kappa shape index (κ2) is 17.4. The van der Waals surface area contributed by atoms with E-state index in [2.05, 4.69) is 125 Å². The van der Waals surface area contributed by atoms with Crippen LogP contribution in [0.2, 0.25) is 0 Å². The Bertz CT molecular complexity index is 982. The number of hydrogen-bond donors (Lipinski definition) is 0. The van der Waals surface area contributed by atoms with Gasteiger partial charge in [-0.15, -0.1) is 0 Å². The molecule has 45 heavy (non-hydrogen) atoms. The van der Waals surface area contributed by atoms with E-state index >= 15 is 0 Å². The molecular weight excluding hydrogens is 577 g/mol. The van der Waals surface area contributed by atoms with Gasteiger partial charge in [-0.3, -0.25) is 0 Å². The maximum absolute atomic E-state index is 5.08. The summed E-state index contributed by atoms with van der Waals surface area (Å²) in [5.74, 6) is 2.07. The normalized spacial score (nSPS) is 13.4. The molecule has 2 aromatic rings. The zero-order valence-corrected chi connectivity index (χ0v) is 35.8. The molecule has 0 saturated heterocycles. The van der Waals surface area contributed by atoms with E-state index in [1.165, 1.54) is 48.5 Å². The van der Waals surface area contributed by atoms with E-state index in [0.717, 1.165) is 50.2 Å². The monoisotopic (exact) mass is 651 g/mol. The largest absolute Gasteiger partial charge is 2.00 e. The van der Waals surface area contributed by atoms with Crippen molar-refractivity contribution in [2.24, 2.45) is 0 Å². The second-order valence-corrected chi connectivity index (χ2v) is 17.5. The van der Waals surface area contributed by atoms with E-state index in [0.29, 0.717) is 0 Å². The Morgan fingerprint density at radius 2 is 0.644 bits per heavy atom. The maximum Gasteiger partial charge on any atom is 2.00 e. The smallest absolute Gasteiger partial charge is 0.442 e. The molecule has 0 aliphatic carbocycles. The van der Waals surface area contributed by atoms with E-state index < -0.39 is 0 Å². The van der Waals surface area contributed by atoms with Gasteiger partial charge in [0.25, 0.3) is 0 Å². The number of nitrogens with zero attached hydrogens (tertiary/aromatic N) is 4. The van der Waals surface area contributed by atoms with Crippen molar-refractivity contribution in [3.8, 4) is 0 Å². The number of aromatic nitrogens is 4. The first-order chi connectivity index (χ1) is 20.0. The minimum atomic E-state index is 0. The van der Waals surface area contributed by atoms with E-state index in [1.54, 1.807) is 0 Å². The van der Waals surface area contributed by atoms with Gasteiger partial charge >= 0.3 is 37.7 Å². The van der Waals surface area contributed by atoms with Crippen molar-refractivity contribution in [2.45, 2.75) is 221 Å². The van der Waals surface area contributed by atoms with Crippen molar-refractivity contribution >= 4 is 37.7 Å². The van der Waals surface area contributed by atoms with Gasteiger partial charge < -0.3 is 19.9 Å². The van der Waals surface area contributed by atoms with Crippen LogP contribution in [0.25, 0.3) is 0 Å². The third-order valence-corrected chi connectivity index (χ3v) is 10.4. The number of hydrogen-bond acceptors (Lipinski definition) is 2. The number of imidazole rings is 2. The average molecular weight is 651 g/mol. The van der Waals surface area contributed by atoms with Crippen LogP contribution in [0.1, 0.15) is 223 Å². The van der Waals surface area contributed by atoms with Gasteiger partial charge in [0.1, 0.15) is 0 Å². The van der Waals surface area contributed by atoms with Crippen LogP contribution in [-0.4, -0.2) is 47.7 Å². The molecule has 0 unspecified atom stereocenters. The molecule has 0 aromatic carbocycles. The average Bonchev–Trinajstić information content (AvgIpc) is 3.57. The molecule has 4 nitrogen and oxygen atoms in total. The van der Waals surface area contributed by atoms with Crippen molar-refractivity contribution in [1.29, 1.82) is 0 Å². The summed E-state index contributed by atoms with van der Waals surface area (Å²) in [5.41, 5.74) is 5.47. The van der Waals surface area contributed by atoms with Crippen molar-refractivity contribution in [3.05, 3.63) is 34.4 Å². The van der Waals surface area contributed by atoms with E-state index in [4.69, 9.17) is 19.9 Å². The van der Waals surface area contributed by atoms with E-state index in [1.807, 2.05) is 0 Å². The minimum absolute atomic E-state index is 0. The zero-order chi connectivity index (χ0) is 34.4. The van der Waals surface area contributed by atoms with Gasteiger partial charge in [-0.25, -0.2) is 0 Å². The van der Waals surface area contributed by atoms with Gasteiger partial charge in [0, 0.05) is 0 Å². The molecule has 0 amide bonds. The van der Waals surface area contributed by atoms with Gasteiger partial charge in [0.15, 0.2) is 0 Å². The van der Waals surface area contributed by atoms with Crippen molar-refractivity contribution in [2.75, 3.05) is 0 Å². The third-order valence-electron chi connectivity index (χ3n) is 10.4. The SMILES string of the molecule is CCCC(C)(C)c1nc(C(C)(C)CC)[n-]c1C(C)(C)CCC.CCCC(C)(C)c1nc(C(C)(C)CC)[n-]c1C(C)(C)CCC.[Ca+2]. The van der Waals surface area contributed by atoms with Crippen molar-refractivity contribution in [3.63, 3.8) is 0 Å². The van der Waals surface area contributed by atoms with Crippen LogP contribution in [0, 0.1) is 0 Å². The van der Waals surface area contributed by atoms with E-state index in [-0.39, 0.29) is 70.2 Å². The fraction of sp³-hybridized carbons (Fsp3) is 0.850. The Morgan fingerprint density at radius 1 is 0.400 bits per heavy atom. The van der Waals surface area contributed by atoms with Gasteiger partial charge in [0.2, 0.25) is 0 Å². The Kier molecular flexibility index (Phi) is 17.2. The fourth-order valence-corrected chi connectivity index (χ4v) is 6.47. The van der Waals surface area contributed by atoms with Crippen molar-refractivity contribution in [1.82, 2.24) is 19.9 Å². The van der Waals surface area contributed by atoms with Crippen LogP contribution in [0.15, 0.2) is 0 Å². The third kappa shape index (κ3) is 11.4. The van der Waals surface area contributed by atoms with Gasteiger partial charge in [0.05, 0.1) is 0 Å². The first-order valence-electron chi connectivity index (χ1n) is 18.2. The molecule has 256 valence electrons. The zero-order valence-electron chi connectivity index (χ0n) is 33.6. The fourth-order valence-electron chi connectivity index (χ4n) is 6.47. The van der Waals surface area contributed by atoms with Gasteiger partial charge in [-0.1, -0.05) is 185 Å². The molecule has 0 saturated carbocycles. The molecule has 0 bridgehead atoms. The molecule has 0 radical (unpaired) electrons. The standard InChI is InChI=1S/2C20H37N2.Ca/c2*1-10-13-19(6,7)15-16(20(8,9)14-11-2)22-17(21-15)18(4,5)12-3;/h2*10-14H2,1-9H3;/q2*-1;+2. The summed E-state index contributed by atoms with van der Waals surface area (Å²) in [4.78, 5) is 20.3. The molecule has 2 rings (SSSR count). The first-order valence-corrected chi connectivity index (χ1v) is 18.2.